The van der Waals surface area contributed by atoms with E-state index in [9.17, 15) is 9.18 Å². The summed E-state index contributed by atoms with van der Waals surface area (Å²) in [5, 5.41) is 3.61. The van der Waals surface area contributed by atoms with E-state index in [1.165, 1.54) is 23.9 Å². The van der Waals surface area contributed by atoms with E-state index < -0.39 is 6.04 Å². The topological polar surface area (TPSA) is 59.8 Å². The van der Waals surface area contributed by atoms with Gasteiger partial charge in [0.15, 0.2) is 11.0 Å². The average molecular weight is 421 g/mol. The monoisotopic (exact) mass is 420 g/mol. The van der Waals surface area contributed by atoms with Crippen molar-refractivity contribution in [2.45, 2.75) is 30.8 Å². The molecule has 2 aromatic rings. The van der Waals surface area contributed by atoms with E-state index in [-0.39, 0.29) is 11.7 Å². The molecule has 2 aliphatic rings. The van der Waals surface area contributed by atoms with Crippen molar-refractivity contribution in [2.24, 2.45) is 0 Å². The quantitative estimate of drug-likeness (QED) is 0.429. The average Bonchev–Trinajstić information content (AvgIpc) is 3.17. The Balaban J connectivity index is 1.52. The third-order valence-electron chi connectivity index (χ3n) is 4.87. The molecule has 0 bridgehead atoms. The van der Waals surface area contributed by atoms with Crippen LogP contribution in [-0.2, 0) is 10.5 Å². The predicted molar refractivity (Wildman–Crippen MR) is 117 cm³/mol. The highest BCUT2D eigenvalue weighted by Crippen LogP contribution is 2.28. The summed E-state index contributed by atoms with van der Waals surface area (Å²) in [4.78, 5) is 22.0. The van der Waals surface area contributed by atoms with Crippen LogP contribution in [0.4, 0.5) is 10.1 Å². The molecular formula is C23H21FN4OS. The summed E-state index contributed by atoms with van der Waals surface area (Å²) in [6.45, 7) is 3.80. The van der Waals surface area contributed by atoms with Gasteiger partial charge in [-0.15, -0.1) is 0 Å². The normalized spacial score (nSPS) is 12.1. The Morgan fingerprint density at radius 2 is 1.87 bits per heavy atom. The van der Waals surface area contributed by atoms with Crippen LogP contribution in [0.3, 0.4) is 0 Å². The number of aromatic nitrogens is 3. The Kier molecular flexibility index (Phi) is 5.81. The van der Waals surface area contributed by atoms with Crippen LogP contribution in [0.25, 0.3) is 11.5 Å². The summed E-state index contributed by atoms with van der Waals surface area (Å²) >= 11 is 1.48. The molecule has 0 radical (unpaired) electrons. The minimum absolute atomic E-state index is 0.120. The van der Waals surface area contributed by atoms with Crippen LogP contribution in [0, 0.1) is 12.7 Å². The Bertz CT molecular complexity index is 1140. The number of carbonyl (C=O) groups excluding carboxylic acids is 1. The molecule has 1 N–H and O–H groups in total. The number of halogens is 1. The van der Waals surface area contributed by atoms with Gasteiger partial charge in [-0.3, -0.25) is 4.79 Å². The van der Waals surface area contributed by atoms with Crippen LogP contribution in [0.2, 0.25) is 0 Å². The van der Waals surface area contributed by atoms with E-state index in [0.29, 0.717) is 16.7 Å². The van der Waals surface area contributed by atoms with Gasteiger partial charge in [0.25, 0.3) is 0 Å². The third kappa shape index (κ3) is 4.36. The first-order valence-electron chi connectivity index (χ1n) is 9.59. The van der Waals surface area contributed by atoms with Gasteiger partial charge in [-0.05, 0) is 55.3 Å². The zero-order valence-electron chi connectivity index (χ0n) is 16.7. The summed E-state index contributed by atoms with van der Waals surface area (Å²) < 4.78 is 14.9. The molecule has 7 heteroatoms. The molecule has 0 aliphatic carbocycles. The number of hydrogen-bond acceptors (Lipinski definition) is 4. The van der Waals surface area contributed by atoms with Crippen LogP contribution in [0.5, 0.6) is 0 Å². The lowest BCUT2D eigenvalue weighted by molar-refractivity contribution is -0.118. The maximum atomic E-state index is 13.1. The summed E-state index contributed by atoms with van der Waals surface area (Å²) in [6.07, 6.45) is 1.84. The Morgan fingerprint density at radius 3 is 2.63 bits per heavy atom. The first-order chi connectivity index (χ1) is 14.5. The Labute approximate surface area is 178 Å². The van der Waals surface area contributed by atoms with E-state index in [4.69, 9.17) is 0 Å². The molecule has 0 fully saturated rings. The number of benzene rings is 2. The Hall–Kier alpha value is -3.19. The lowest BCUT2D eigenvalue weighted by Crippen LogP contribution is -2.25. The summed E-state index contributed by atoms with van der Waals surface area (Å²) in [5.74, 6) is 0.926. The standard InChI is InChI=1S/C23H21FN4OS/c1-15-6-3-4-7-19(15)25-22(29)16(2)28-13-5-8-20-21(28)27-23(26-20)30-14-17-9-11-18(24)12-10-17/h3-13,16H,14H2,1-2H3,(H,25,29). The van der Waals surface area contributed by atoms with Crippen molar-refractivity contribution in [3.63, 3.8) is 0 Å². The SMILES string of the molecule is Cc1ccccc1NC(=O)C(C)n1cccc2nc(SCc3ccc(F)cc3)nc1-2. The second-order valence-corrected chi connectivity index (χ2v) is 7.97. The highest BCUT2D eigenvalue weighted by Gasteiger charge is 2.22. The third-order valence-corrected chi connectivity index (χ3v) is 5.79. The van der Waals surface area contributed by atoms with E-state index in [1.54, 1.807) is 12.1 Å². The lowest BCUT2D eigenvalue weighted by atomic mass is 10.2. The van der Waals surface area contributed by atoms with Gasteiger partial charge in [-0.1, -0.05) is 42.1 Å². The number of amides is 1. The van der Waals surface area contributed by atoms with Crippen LogP contribution >= 0.6 is 11.8 Å². The highest BCUT2D eigenvalue weighted by molar-refractivity contribution is 7.98. The molecule has 1 amide bonds. The van der Waals surface area contributed by atoms with Crippen LogP contribution in [0.1, 0.15) is 24.1 Å². The van der Waals surface area contributed by atoms with Crippen molar-refractivity contribution in [3.05, 3.63) is 83.8 Å². The summed E-state index contributed by atoms with van der Waals surface area (Å²) in [7, 11) is 0. The number of nitrogens with one attached hydrogen (secondary N) is 1. The largest absolute Gasteiger partial charge is 0.324 e. The number of hydrogen-bond donors (Lipinski definition) is 1. The summed E-state index contributed by atoms with van der Waals surface area (Å²) in [6, 6.07) is 17.4. The molecule has 0 spiro atoms. The smallest absolute Gasteiger partial charge is 0.247 e. The molecule has 1 unspecified atom stereocenters. The predicted octanol–water partition coefficient (Wildman–Crippen LogP) is 5.32. The van der Waals surface area contributed by atoms with Crippen molar-refractivity contribution in [3.8, 4) is 11.5 Å². The van der Waals surface area contributed by atoms with Gasteiger partial charge in [0, 0.05) is 17.6 Å². The molecule has 152 valence electrons. The number of imidazole rings is 1. The van der Waals surface area contributed by atoms with E-state index in [1.807, 2.05) is 61.0 Å². The Morgan fingerprint density at radius 1 is 1.10 bits per heavy atom. The number of rotatable bonds is 6. The first-order valence-corrected chi connectivity index (χ1v) is 10.6. The highest BCUT2D eigenvalue weighted by atomic mass is 32.2. The molecule has 0 saturated carbocycles. The number of thioether (sulfide) groups is 1. The van der Waals surface area contributed by atoms with Crippen LogP contribution in [0.15, 0.2) is 72.0 Å². The van der Waals surface area contributed by atoms with Crippen LogP contribution in [-0.4, -0.2) is 20.4 Å². The number of anilines is 1. The number of nitrogens with zero attached hydrogens (tertiary/aromatic N) is 3. The molecule has 5 nitrogen and oxygen atoms in total. The molecular weight excluding hydrogens is 399 g/mol. The van der Waals surface area contributed by atoms with E-state index in [2.05, 4.69) is 15.3 Å². The lowest BCUT2D eigenvalue weighted by Gasteiger charge is -2.18. The molecule has 2 aliphatic heterocycles. The van der Waals surface area contributed by atoms with Crippen LogP contribution < -0.4 is 5.32 Å². The second kappa shape index (κ2) is 8.67. The van der Waals surface area contributed by atoms with Crippen molar-refractivity contribution in [1.29, 1.82) is 0 Å². The second-order valence-electron chi connectivity index (χ2n) is 7.03. The van der Waals surface area contributed by atoms with Gasteiger partial charge in [-0.25, -0.2) is 14.4 Å². The minimum Gasteiger partial charge on any atom is -0.324 e. The fourth-order valence-electron chi connectivity index (χ4n) is 3.11. The molecule has 2 aromatic carbocycles. The number of pyridine rings is 1. The maximum Gasteiger partial charge on any atom is 0.247 e. The van der Waals surface area contributed by atoms with Gasteiger partial charge in [-0.2, -0.15) is 0 Å². The number of aryl methyl sites for hydroxylation is 1. The number of fused-ring (bicyclic) bond motifs is 1. The van der Waals surface area contributed by atoms with Gasteiger partial charge in [0.2, 0.25) is 5.91 Å². The zero-order chi connectivity index (χ0) is 21.1. The maximum absolute atomic E-state index is 13.1. The van der Waals surface area contributed by atoms with Gasteiger partial charge < -0.3 is 9.88 Å². The van der Waals surface area contributed by atoms with Gasteiger partial charge in [0.05, 0.1) is 0 Å². The fraction of sp³-hybridized carbons (Fsp3) is 0.174. The molecule has 30 heavy (non-hydrogen) atoms. The number of carbonyl (C=O) groups is 1. The van der Waals surface area contributed by atoms with Crippen molar-refractivity contribution < 1.29 is 9.18 Å². The molecule has 1 atom stereocenters. The van der Waals surface area contributed by atoms with E-state index in [0.717, 1.165) is 22.5 Å². The molecule has 0 saturated heterocycles. The fourth-order valence-corrected chi connectivity index (χ4v) is 3.91. The zero-order valence-corrected chi connectivity index (χ0v) is 17.5. The van der Waals surface area contributed by atoms with Crippen molar-refractivity contribution >= 4 is 23.4 Å². The first kappa shape index (κ1) is 20.1. The molecule has 0 aromatic heterocycles. The van der Waals surface area contributed by atoms with E-state index >= 15 is 0 Å². The summed E-state index contributed by atoms with van der Waals surface area (Å²) in [5.41, 5.74) is 3.53. The molecule has 4 rings (SSSR count). The number of para-hydroxylation sites is 1. The van der Waals surface area contributed by atoms with Crippen molar-refractivity contribution in [1.82, 2.24) is 14.5 Å². The minimum atomic E-state index is -0.458. The van der Waals surface area contributed by atoms with Crippen molar-refractivity contribution in [2.75, 3.05) is 5.32 Å². The van der Waals surface area contributed by atoms with Gasteiger partial charge >= 0.3 is 0 Å². The van der Waals surface area contributed by atoms with Gasteiger partial charge in [0.1, 0.15) is 17.6 Å². The molecule has 2 heterocycles.